The highest BCUT2D eigenvalue weighted by Crippen LogP contribution is 2.54. The van der Waals surface area contributed by atoms with E-state index < -0.39 is 35.8 Å². The van der Waals surface area contributed by atoms with Gasteiger partial charge in [0.25, 0.3) is 10.0 Å². The fourth-order valence-corrected chi connectivity index (χ4v) is 7.91. The molecule has 0 fully saturated rings. The Bertz CT molecular complexity index is 1380. The summed E-state index contributed by atoms with van der Waals surface area (Å²) in [5.41, 5.74) is -2.04. The summed E-state index contributed by atoms with van der Waals surface area (Å²) in [6, 6.07) is 8.74. The van der Waals surface area contributed by atoms with Gasteiger partial charge in [-0.2, -0.15) is 13.2 Å². The Morgan fingerprint density at radius 2 is 1.65 bits per heavy atom. The molecule has 3 aromatic rings. The summed E-state index contributed by atoms with van der Waals surface area (Å²) >= 11 is 12.4. The summed E-state index contributed by atoms with van der Waals surface area (Å²) in [4.78, 5) is -0.126. The third-order valence-corrected chi connectivity index (χ3v) is 9.32. The van der Waals surface area contributed by atoms with Crippen LogP contribution in [0.4, 0.5) is 13.2 Å². The largest absolute Gasteiger partial charge is 0.422 e. The van der Waals surface area contributed by atoms with Crippen LogP contribution in [0, 0.1) is 6.92 Å². The molecule has 0 N–H and O–H groups in total. The lowest BCUT2D eigenvalue weighted by Crippen LogP contribution is -2.53. The van der Waals surface area contributed by atoms with E-state index in [1.807, 2.05) is 0 Å². The van der Waals surface area contributed by atoms with Crippen molar-refractivity contribution >= 4 is 52.4 Å². The molecule has 11 heteroatoms. The van der Waals surface area contributed by atoms with Crippen molar-refractivity contribution in [2.24, 2.45) is 0 Å². The second kappa shape index (κ2) is 8.26. The molecule has 1 atom stereocenters. The fraction of sp³-hybridized carbons (Fsp3) is 0.391. The van der Waals surface area contributed by atoms with E-state index in [9.17, 15) is 21.6 Å². The Kier molecular flexibility index (Phi) is 6.21. The van der Waals surface area contributed by atoms with Crippen LogP contribution in [-0.4, -0.2) is 26.9 Å². The van der Waals surface area contributed by atoms with E-state index in [2.05, 4.69) is 0 Å². The molecule has 1 aromatic heterocycles. The van der Waals surface area contributed by atoms with Crippen molar-refractivity contribution in [3.8, 4) is 0 Å². The Balaban J connectivity index is 2.20. The van der Waals surface area contributed by atoms with Crippen molar-refractivity contribution in [1.29, 1.82) is 0 Å². The maximum atomic E-state index is 15.0. The maximum absolute atomic E-state index is 15.0. The highest BCUT2D eigenvalue weighted by atomic mass is 35.5. The van der Waals surface area contributed by atoms with Gasteiger partial charge >= 0.3 is 6.18 Å². The molecular weight excluding hydrogens is 526 g/mol. The minimum absolute atomic E-state index is 0.0492. The van der Waals surface area contributed by atoms with E-state index in [0.29, 0.717) is 5.39 Å². The van der Waals surface area contributed by atoms with Crippen molar-refractivity contribution in [2.45, 2.75) is 62.5 Å². The van der Waals surface area contributed by atoms with E-state index in [1.165, 1.54) is 24.3 Å². The van der Waals surface area contributed by atoms with Crippen LogP contribution in [0.1, 0.15) is 29.7 Å². The third kappa shape index (κ3) is 4.09. The molecule has 184 valence electrons. The summed E-state index contributed by atoms with van der Waals surface area (Å²) in [6.07, 6.45) is -4.80. The zero-order valence-electron chi connectivity index (χ0n) is 19.1. The van der Waals surface area contributed by atoms with Crippen molar-refractivity contribution in [3.63, 3.8) is 0 Å². The van der Waals surface area contributed by atoms with E-state index in [4.69, 9.17) is 27.6 Å². The van der Waals surface area contributed by atoms with Gasteiger partial charge in [-0.25, -0.2) is 12.4 Å². The van der Waals surface area contributed by atoms with Gasteiger partial charge < -0.3 is 4.43 Å². The van der Waals surface area contributed by atoms with Gasteiger partial charge in [0.1, 0.15) is 0 Å². The summed E-state index contributed by atoms with van der Waals surface area (Å²) < 4.78 is 79.4. The minimum atomic E-state index is -4.86. The van der Waals surface area contributed by atoms with Crippen molar-refractivity contribution in [1.82, 2.24) is 3.97 Å². The number of aromatic nitrogens is 1. The van der Waals surface area contributed by atoms with Gasteiger partial charge in [-0.05, 0) is 75.7 Å². The first-order chi connectivity index (χ1) is 15.6. The number of benzene rings is 2. The van der Waals surface area contributed by atoms with Gasteiger partial charge in [0.2, 0.25) is 0 Å². The molecule has 1 aliphatic rings. The summed E-state index contributed by atoms with van der Waals surface area (Å²) in [6.45, 7) is 6.76. The van der Waals surface area contributed by atoms with Crippen LogP contribution in [0.3, 0.4) is 0 Å². The Morgan fingerprint density at radius 3 is 2.21 bits per heavy atom. The van der Waals surface area contributed by atoms with Crippen LogP contribution in [0.2, 0.25) is 29.7 Å². The quantitative estimate of drug-likeness (QED) is 0.317. The molecule has 2 aromatic carbocycles. The molecule has 0 amide bonds. The van der Waals surface area contributed by atoms with Crippen molar-refractivity contribution < 1.29 is 26.0 Å². The molecule has 0 saturated heterocycles. The average molecular weight is 551 g/mol. The highest BCUT2D eigenvalue weighted by Gasteiger charge is 2.62. The van der Waals surface area contributed by atoms with Crippen LogP contribution in [0.15, 0.2) is 41.3 Å². The molecular formula is C23H24Cl2F3NO3SSi. The second-order valence-electron chi connectivity index (χ2n) is 9.59. The van der Waals surface area contributed by atoms with Crippen molar-refractivity contribution in [2.75, 3.05) is 0 Å². The predicted octanol–water partition coefficient (Wildman–Crippen LogP) is 7.44. The predicted molar refractivity (Wildman–Crippen MR) is 131 cm³/mol. The van der Waals surface area contributed by atoms with Gasteiger partial charge in [0, 0.05) is 5.39 Å². The molecule has 0 bridgehead atoms. The standard InChI is InChI=1S/C23H24Cl2F3NO3SSi/c1-14-7-9-15(10-8-14)33(30,31)29-20-13-19(25)18(24)12-17(20)16-6-5-11-22(21(16)29,23(26,27)28)32-34(2,3)4/h7-10,12-13H,5-6,11H2,1-4H3. The van der Waals surface area contributed by atoms with Gasteiger partial charge in [0.05, 0.1) is 26.2 Å². The monoisotopic (exact) mass is 549 g/mol. The van der Waals surface area contributed by atoms with Crippen LogP contribution in [0.5, 0.6) is 0 Å². The van der Waals surface area contributed by atoms with Crippen molar-refractivity contribution in [3.05, 3.63) is 63.3 Å². The van der Waals surface area contributed by atoms with Crippen LogP contribution in [0.25, 0.3) is 10.9 Å². The lowest BCUT2D eigenvalue weighted by atomic mass is 9.82. The third-order valence-electron chi connectivity index (χ3n) is 5.91. The molecule has 34 heavy (non-hydrogen) atoms. The highest BCUT2D eigenvalue weighted by molar-refractivity contribution is 7.90. The molecule has 0 spiro atoms. The maximum Gasteiger partial charge on any atom is 0.422 e. The first kappa shape index (κ1) is 25.6. The number of hydrogen-bond donors (Lipinski definition) is 0. The van der Waals surface area contributed by atoms with E-state index in [-0.39, 0.29) is 45.3 Å². The summed E-state index contributed by atoms with van der Waals surface area (Å²) in [7, 11) is -7.26. The minimum Gasteiger partial charge on any atom is -0.399 e. The van der Waals surface area contributed by atoms with Gasteiger partial charge in [0.15, 0.2) is 13.9 Å². The molecule has 4 rings (SSSR count). The number of nitrogens with zero attached hydrogens (tertiary/aromatic N) is 1. The zero-order chi connectivity index (χ0) is 25.3. The molecule has 1 aliphatic carbocycles. The topological polar surface area (TPSA) is 48.3 Å². The van der Waals surface area contributed by atoms with Crippen LogP contribution < -0.4 is 0 Å². The van der Waals surface area contributed by atoms with E-state index >= 15 is 0 Å². The summed E-state index contributed by atoms with van der Waals surface area (Å²) in [5.74, 6) is 0. The van der Waals surface area contributed by atoms with Gasteiger partial charge in [-0.1, -0.05) is 40.9 Å². The number of halogens is 5. The lowest BCUT2D eigenvalue weighted by Gasteiger charge is -2.43. The van der Waals surface area contributed by atoms with Crippen LogP contribution >= 0.6 is 23.2 Å². The Labute approximate surface area is 207 Å². The summed E-state index contributed by atoms with van der Waals surface area (Å²) in [5, 5.41) is 0.511. The lowest BCUT2D eigenvalue weighted by molar-refractivity contribution is -0.264. The van der Waals surface area contributed by atoms with E-state index in [0.717, 1.165) is 9.54 Å². The fourth-order valence-electron chi connectivity index (χ4n) is 4.63. The SMILES string of the molecule is Cc1ccc(S(=O)(=O)n2c3c(c4cc(Cl)c(Cl)cc42)CCCC3(O[Si](C)(C)C)C(F)(F)F)cc1. The molecule has 1 heterocycles. The van der Waals surface area contributed by atoms with Gasteiger partial charge in [-0.3, -0.25) is 0 Å². The molecule has 1 unspecified atom stereocenters. The normalized spacial score (nSPS) is 19.4. The molecule has 0 saturated carbocycles. The zero-order valence-corrected chi connectivity index (χ0v) is 22.4. The van der Waals surface area contributed by atoms with E-state index in [1.54, 1.807) is 38.7 Å². The van der Waals surface area contributed by atoms with Gasteiger partial charge in [-0.15, -0.1) is 0 Å². The molecule has 0 radical (unpaired) electrons. The first-order valence-electron chi connectivity index (χ1n) is 10.7. The average Bonchev–Trinajstić information content (AvgIpc) is 3.02. The molecule has 0 aliphatic heterocycles. The number of hydrogen-bond acceptors (Lipinski definition) is 3. The smallest absolute Gasteiger partial charge is 0.399 e. The number of alkyl halides is 3. The number of aryl methyl sites for hydroxylation is 2. The van der Waals surface area contributed by atoms with Crippen LogP contribution in [-0.2, 0) is 26.5 Å². The Morgan fingerprint density at radius 1 is 1.06 bits per heavy atom. The number of fused-ring (bicyclic) bond motifs is 3. The Hall–Kier alpha value is -1.52. The number of rotatable bonds is 4. The first-order valence-corrected chi connectivity index (χ1v) is 16.3. The molecule has 4 nitrogen and oxygen atoms in total. The second-order valence-corrected chi connectivity index (χ2v) is 16.6.